The highest BCUT2D eigenvalue weighted by Gasteiger charge is 2.30. The maximum absolute atomic E-state index is 14.5. The van der Waals surface area contributed by atoms with E-state index in [2.05, 4.69) is 15.5 Å². The summed E-state index contributed by atoms with van der Waals surface area (Å²) in [5.74, 6) is -0.302. The molecule has 1 heterocycles. The molecule has 3 rings (SSSR count). The van der Waals surface area contributed by atoms with Gasteiger partial charge in [0.05, 0.1) is 18.0 Å². The summed E-state index contributed by atoms with van der Waals surface area (Å²) in [6, 6.07) is 7.23. The van der Waals surface area contributed by atoms with Gasteiger partial charge >= 0.3 is 12.3 Å². The summed E-state index contributed by atoms with van der Waals surface area (Å²) in [6.45, 7) is 1.56. The largest absolute Gasteiger partial charge is 0.465 e. The van der Waals surface area contributed by atoms with Gasteiger partial charge in [0.15, 0.2) is 0 Å². The lowest BCUT2D eigenvalue weighted by molar-refractivity contribution is -0.137. The van der Waals surface area contributed by atoms with Crippen molar-refractivity contribution >= 4 is 6.09 Å². The Bertz CT molecular complexity index is 1020. The highest BCUT2D eigenvalue weighted by Crippen LogP contribution is 2.32. The molecule has 1 atom stereocenters. The smallest absolute Gasteiger partial charge is 0.416 e. The number of amides is 1. The maximum Gasteiger partial charge on any atom is 0.416 e. The van der Waals surface area contributed by atoms with Crippen molar-refractivity contribution in [1.29, 1.82) is 0 Å². The first-order valence-electron chi connectivity index (χ1n) is 8.39. The van der Waals surface area contributed by atoms with Crippen molar-refractivity contribution in [1.82, 2.24) is 15.5 Å². The van der Waals surface area contributed by atoms with Gasteiger partial charge < -0.3 is 14.8 Å². The van der Waals surface area contributed by atoms with Crippen LogP contribution in [0.3, 0.4) is 0 Å². The van der Waals surface area contributed by atoms with E-state index in [9.17, 15) is 22.4 Å². The number of hydrogen-bond donors (Lipinski definition) is 2. The van der Waals surface area contributed by atoms with Crippen molar-refractivity contribution in [2.75, 3.05) is 0 Å². The zero-order chi connectivity index (χ0) is 21.2. The Kier molecular flexibility index (Phi) is 5.53. The number of benzene rings is 2. The number of carbonyl (C=O) groups is 1. The Hall–Kier alpha value is -3.43. The Balaban J connectivity index is 1.95. The van der Waals surface area contributed by atoms with E-state index >= 15 is 0 Å². The highest BCUT2D eigenvalue weighted by atomic mass is 19.4. The Morgan fingerprint density at radius 3 is 2.34 bits per heavy atom. The summed E-state index contributed by atoms with van der Waals surface area (Å²) >= 11 is 0. The molecule has 3 aromatic rings. The zero-order valence-electron chi connectivity index (χ0n) is 15.0. The number of aromatic nitrogens is 2. The zero-order valence-corrected chi connectivity index (χ0v) is 15.0. The summed E-state index contributed by atoms with van der Waals surface area (Å²) in [4.78, 5) is 11.2. The van der Waals surface area contributed by atoms with Gasteiger partial charge in [-0.2, -0.15) is 13.2 Å². The molecule has 10 heteroatoms. The number of halogens is 4. The first-order valence-corrected chi connectivity index (χ1v) is 8.39. The van der Waals surface area contributed by atoms with E-state index in [1.165, 1.54) is 24.3 Å². The maximum atomic E-state index is 14.5. The van der Waals surface area contributed by atoms with Gasteiger partial charge in [-0.25, -0.2) is 9.18 Å². The number of rotatable bonds is 5. The lowest BCUT2D eigenvalue weighted by Crippen LogP contribution is -2.29. The average Bonchev–Trinajstić information content (AvgIpc) is 3.05. The number of alkyl halides is 3. The fourth-order valence-electron chi connectivity index (χ4n) is 2.82. The quantitative estimate of drug-likeness (QED) is 0.594. The molecule has 0 saturated heterocycles. The average molecular weight is 409 g/mol. The van der Waals surface area contributed by atoms with E-state index in [0.29, 0.717) is 11.1 Å². The predicted octanol–water partition coefficient (Wildman–Crippen LogP) is 4.75. The van der Waals surface area contributed by atoms with Crippen LogP contribution in [0.15, 0.2) is 46.9 Å². The van der Waals surface area contributed by atoms with Crippen LogP contribution in [-0.4, -0.2) is 21.4 Å². The third-order valence-electron chi connectivity index (χ3n) is 4.16. The molecular formula is C19H15F4N3O3. The van der Waals surface area contributed by atoms with Crippen molar-refractivity contribution in [3.8, 4) is 11.1 Å². The third kappa shape index (κ3) is 4.89. The summed E-state index contributed by atoms with van der Waals surface area (Å²) in [6.07, 6.45) is -5.95. The van der Waals surface area contributed by atoms with Crippen LogP contribution in [0.4, 0.5) is 22.4 Å². The topological polar surface area (TPSA) is 88.2 Å². The van der Waals surface area contributed by atoms with Crippen LogP contribution < -0.4 is 5.32 Å². The van der Waals surface area contributed by atoms with Crippen molar-refractivity contribution in [2.24, 2.45) is 0 Å². The van der Waals surface area contributed by atoms with Crippen LogP contribution in [0.2, 0.25) is 0 Å². The van der Waals surface area contributed by atoms with E-state index in [0.717, 1.165) is 18.2 Å². The molecule has 2 aromatic carbocycles. The molecule has 1 amide bonds. The highest BCUT2D eigenvalue weighted by molar-refractivity contribution is 5.67. The molecule has 0 aliphatic rings. The minimum absolute atomic E-state index is 0.000603. The first-order chi connectivity index (χ1) is 13.6. The molecule has 0 aliphatic carbocycles. The summed E-state index contributed by atoms with van der Waals surface area (Å²) in [5.41, 5.74) is 0.0393. The van der Waals surface area contributed by atoms with E-state index < -0.39 is 29.7 Å². The number of carboxylic acid groups (broad SMARTS) is 1. The second-order valence-corrected chi connectivity index (χ2v) is 6.23. The van der Waals surface area contributed by atoms with E-state index in [4.69, 9.17) is 9.52 Å². The fraction of sp³-hybridized carbons (Fsp3) is 0.211. The number of nitrogens with one attached hydrogen (secondary N) is 1. The van der Waals surface area contributed by atoms with Crippen LogP contribution in [0.1, 0.15) is 29.0 Å². The molecular weight excluding hydrogens is 394 g/mol. The van der Waals surface area contributed by atoms with Gasteiger partial charge in [0.1, 0.15) is 5.82 Å². The molecule has 0 fully saturated rings. The lowest BCUT2D eigenvalue weighted by atomic mass is 9.96. The molecule has 6 nitrogen and oxygen atoms in total. The molecule has 0 radical (unpaired) electrons. The number of aryl methyl sites for hydroxylation is 1. The summed E-state index contributed by atoms with van der Waals surface area (Å²) in [5, 5.41) is 18.7. The monoisotopic (exact) mass is 409 g/mol. The van der Waals surface area contributed by atoms with E-state index in [-0.39, 0.29) is 23.8 Å². The number of hydrogen-bond acceptors (Lipinski definition) is 4. The van der Waals surface area contributed by atoms with Gasteiger partial charge in [0.25, 0.3) is 0 Å². The first kappa shape index (κ1) is 20.3. The summed E-state index contributed by atoms with van der Waals surface area (Å²) in [7, 11) is 0. The van der Waals surface area contributed by atoms with Crippen molar-refractivity contribution < 1.29 is 31.9 Å². The molecule has 0 spiro atoms. The van der Waals surface area contributed by atoms with Gasteiger partial charge in [0, 0.05) is 12.5 Å². The molecule has 2 N–H and O–H groups in total. The molecule has 1 unspecified atom stereocenters. The molecule has 0 bridgehead atoms. The molecule has 152 valence electrons. The van der Waals surface area contributed by atoms with E-state index in [1.807, 2.05) is 0 Å². The Morgan fingerprint density at radius 1 is 1.14 bits per heavy atom. The standard InChI is InChI=1S/C19H15F4N3O3/c1-10-25-26-17(29-10)9-16(24-18(27)28)14-8-12(4-7-15(14)20)11-2-5-13(6-3-11)19(21,22)23/h2-8,16,24H,9H2,1H3,(H,27,28). The van der Waals surface area contributed by atoms with Crippen molar-refractivity contribution in [2.45, 2.75) is 25.6 Å². The Morgan fingerprint density at radius 2 is 1.79 bits per heavy atom. The van der Waals surface area contributed by atoms with Crippen LogP contribution in [0.5, 0.6) is 0 Å². The molecule has 0 saturated carbocycles. The minimum atomic E-state index is -4.47. The van der Waals surface area contributed by atoms with E-state index in [1.54, 1.807) is 6.92 Å². The second-order valence-electron chi connectivity index (χ2n) is 6.23. The SMILES string of the molecule is Cc1nnc(CC(NC(=O)O)c2cc(-c3ccc(C(F)(F)F)cc3)ccc2F)o1. The van der Waals surface area contributed by atoms with Gasteiger partial charge in [0.2, 0.25) is 11.8 Å². The van der Waals surface area contributed by atoms with Crippen molar-refractivity contribution in [3.05, 3.63) is 71.2 Å². The second kappa shape index (κ2) is 7.90. The van der Waals surface area contributed by atoms with Crippen LogP contribution in [0.25, 0.3) is 11.1 Å². The molecule has 0 aliphatic heterocycles. The third-order valence-corrected chi connectivity index (χ3v) is 4.16. The lowest BCUT2D eigenvalue weighted by Gasteiger charge is -2.18. The Labute approximate surface area is 162 Å². The van der Waals surface area contributed by atoms with Crippen LogP contribution >= 0.6 is 0 Å². The van der Waals surface area contributed by atoms with Crippen molar-refractivity contribution in [3.63, 3.8) is 0 Å². The van der Waals surface area contributed by atoms with Gasteiger partial charge in [-0.05, 0) is 35.4 Å². The van der Waals surface area contributed by atoms with Gasteiger partial charge in [-0.3, -0.25) is 0 Å². The predicted molar refractivity (Wildman–Crippen MR) is 93.5 cm³/mol. The van der Waals surface area contributed by atoms with Gasteiger partial charge in [-0.1, -0.05) is 18.2 Å². The minimum Gasteiger partial charge on any atom is -0.465 e. The molecule has 29 heavy (non-hydrogen) atoms. The normalized spacial score (nSPS) is 12.6. The molecule has 1 aromatic heterocycles. The van der Waals surface area contributed by atoms with Gasteiger partial charge in [-0.15, -0.1) is 10.2 Å². The summed E-state index contributed by atoms with van der Waals surface area (Å²) < 4.78 is 57.9. The van der Waals surface area contributed by atoms with Crippen LogP contribution in [0, 0.1) is 12.7 Å². The fourth-order valence-corrected chi connectivity index (χ4v) is 2.82. The van der Waals surface area contributed by atoms with Crippen LogP contribution in [-0.2, 0) is 12.6 Å². The number of nitrogens with zero attached hydrogens (tertiary/aromatic N) is 2.